The Morgan fingerprint density at radius 1 is 1.29 bits per heavy atom. The van der Waals surface area contributed by atoms with Crippen LogP contribution in [0, 0.1) is 0 Å². The van der Waals surface area contributed by atoms with E-state index in [1.165, 1.54) is 24.3 Å². The summed E-state index contributed by atoms with van der Waals surface area (Å²) in [6, 6.07) is 1.27. The van der Waals surface area contributed by atoms with E-state index in [0.29, 0.717) is 16.2 Å². The van der Waals surface area contributed by atoms with E-state index in [9.17, 15) is 0 Å². The van der Waals surface area contributed by atoms with Crippen molar-refractivity contribution < 1.29 is 0 Å². The summed E-state index contributed by atoms with van der Waals surface area (Å²) in [7, 11) is 0. The van der Waals surface area contributed by atoms with E-state index < -0.39 is 0 Å². The lowest BCUT2D eigenvalue weighted by Gasteiger charge is -2.40. The number of nitrogens with one attached hydrogen (secondary N) is 1. The average Bonchev–Trinajstić information content (AvgIpc) is 2.52. The SMILES string of the molecule is C/C=C/[C@H]1CC2(C[C@@H](C)N1)SCCS2. The highest BCUT2D eigenvalue weighted by Crippen LogP contribution is 2.51. The summed E-state index contributed by atoms with van der Waals surface area (Å²) in [5.74, 6) is 2.69. The Hall–Kier alpha value is 0.400. The van der Waals surface area contributed by atoms with Crippen LogP contribution < -0.4 is 5.32 Å². The molecule has 2 aliphatic rings. The van der Waals surface area contributed by atoms with Gasteiger partial charge in [-0.15, -0.1) is 23.5 Å². The molecule has 1 spiro atoms. The van der Waals surface area contributed by atoms with Gasteiger partial charge in [0, 0.05) is 23.6 Å². The number of hydrogen-bond acceptors (Lipinski definition) is 3. The van der Waals surface area contributed by atoms with Crippen LogP contribution in [0.25, 0.3) is 0 Å². The van der Waals surface area contributed by atoms with Crippen molar-refractivity contribution >= 4 is 23.5 Å². The van der Waals surface area contributed by atoms with Crippen LogP contribution >= 0.6 is 23.5 Å². The highest BCUT2D eigenvalue weighted by molar-refractivity contribution is 8.21. The van der Waals surface area contributed by atoms with Gasteiger partial charge in [0.25, 0.3) is 0 Å². The molecule has 0 aromatic carbocycles. The Balaban J connectivity index is 2.05. The zero-order valence-corrected chi connectivity index (χ0v) is 10.6. The van der Waals surface area contributed by atoms with Gasteiger partial charge < -0.3 is 5.32 Å². The molecule has 0 saturated carbocycles. The molecule has 0 radical (unpaired) electrons. The molecule has 80 valence electrons. The molecule has 2 fully saturated rings. The predicted octanol–water partition coefficient (Wildman–Crippen LogP) is 2.88. The second-order valence-corrected chi connectivity index (χ2v) is 7.43. The summed E-state index contributed by atoms with van der Waals surface area (Å²) in [6.45, 7) is 4.43. The van der Waals surface area contributed by atoms with Crippen molar-refractivity contribution in [3.8, 4) is 0 Å². The van der Waals surface area contributed by atoms with Crippen LogP contribution in [0.1, 0.15) is 26.7 Å². The number of piperidine rings is 1. The maximum absolute atomic E-state index is 3.65. The Labute approximate surface area is 95.5 Å². The van der Waals surface area contributed by atoms with Gasteiger partial charge in [-0.2, -0.15) is 0 Å². The fourth-order valence-corrected chi connectivity index (χ4v) is 6.03. The van der Waals surface area contributed by atoms with Gasteiger partial charge in [-0.1, -0.05) is 12.2 Å². The maximum atomic E-state index is 3.65. The van der Waals surface area contributed by atoms with Crippen molar-refractivity contribution in [3.05, 3.63) is 12.2 Å². The van der Waals surface area contributed by atoms with Crippen LogP contribution in [0.5, 0.6) is 0 Å². The van der Waals surface area contributed by atoms with Crippen LogP contribution in [-0.4, -0.2) is 27.7 Å². The van der Waals surface area contributed by atoms with E-state index in [2.05, 4.69) is 54.8 Å². The summed E-state index contributed by atoms with van der Waals surface area (Å²) >= 11 is 4.38. The number of hydrogen-bond donors (Lipinski definition) is 1. The van der Waals surface area contributed by atoms with Crippen molar-refractivity contribution in [2.24, 2.45) is 0 Å². The molecule has 1 nitrogen and oxygen atoms in total. The van der Waals surface area contributed by atoms with Crippen LogP contribution in [0.15, 0.2) is 12.2 Å². The zero-order valence-electron chi connectivity index (χ0n) is 8.95. The first kappa shape index (κ1) is 10.9. The van der Waals surface area contributed by atoms with Gasteiger partial charge in [0.2, 0.25) is 0 Å². The van der Waals surface area contributed by atoms with Gasteiger partial charge in [-0.25, -0.2) is 0 Å². The van der Waals surface area contributed by atoms with Gasteiger partial charge in [0.15, 0.2) is 0 Å². The molecule has 2 rings (SSSR count). The normalized spacial score (nSPS) is 37.0. The van der Waals surface area contributed by atoms with Crippen LogP contribution in [-0.2, 0) is 0 Å². The molecule has 3 heteroatoms. The molecule has 0 amide bonds. The second-order valence-electron chi connectivity index (χ2n) is 4.22. The zero-order chi connectivity index (χ0) is 10.0. The third-order valence-electron chi connectivity index (χ3n) is 2.89. The lowest BCUT2D eigenvalue weighted by atomic mass is 9.98. The number of rotatable bonds is 1. The Morgan fingerprint density at radius 3 is 2.64 bits per heavy atom. The molecule has 2 atom stereocenters. The minimum absolute atomic E-state index is 0.537. The minimum Gasteiger partial charge on any atom is -0.308 e. The van der Waals surface area contributed by atoms with E-state index in [1.807, 2.05) is 0 Å². The average molecular weight is 229 g/mol. The molecule has 0 bridgehead atoms. The van der Waals surface area contributed by atoms with Crippen molar-refractivity contribution in [2.75, 3.05) is 11.5 Å². The molecular weight excluding hydrogens is 210 g/mol. The minimum atomic E-state index is 0.537. The molecule has 0 unspecified atom stereocenters. The molecule has 0 aromatic rings. The van der Waals surface area contributed by atoms with Crippen LogP contribution in [0.3, 0.4) is 0 Å². The van der Waals surface area contributed by atoms with E-state index >= 15 is 0 Å². The van der Waals surface area contributed by atoms with E-state index in [0.717, 1.165) is 0 Å². The smallest absolute Gasteiger partial charge is 0.0644 e. The second kappa shape index (κ2) is 4.50. The van der Waals surface area contributed by atoms with E-state index in [-0.39, 0.29) is 0 Å². The molecular formula is C11H19NS2. The predicted molar refractivity (Wildman–Crippen MR) is 68.1 cm³/mol. The third-order valence-corrected chi connectivity index (χ3v) is 6.39. The summed E-state index contributed by atoms with van der Waals surface area (Å²) in [4.78, 5) is 0. The highest BCUT2D eigenvalue weighted by Gasteiger charge is 2.41. The first-order valence-corrected chi connectivity index (χ1v) is 7.38. The summed E-state index contributed by atoms with van der Waals surface area (Å²) in [5, 5.41) is 3.65. The topological polar surface area (TPSA) is 12.0 Å². The van der Waals surface area contributed by atoms with E-state index in [4.69, 9.17) is 0 Å². The molecule has 0 aliphatic carbocycles. The van der Waals surface area contributed by atoms with Gasteiger partial charge in [-0.3, -0.25) is 0 Å². The number of thioether (sulfide) groups is 2. The van der Waals surface area contributed by atoms with Gasteiger partial charge in [0.05, 0.1) is 4.08 Å². The summed E-state index contributed by atoms with van der Waals surface area (Å²) < 4.78 is 0.537. The lowest BCUT2D eigenvalue weighted by Crippen LogP contribution is -2.48. The Morgan fingerprint density at radius 2 is 2.00 bits per heavy atom. The van der Waals surface area contributed by atoms with Gasteiger partial charge in [-0.05, 0) is 26.7 Å². The van der Waals surface area contributed by atoms with Crippen molar-refractivity contribution in [2.45, 2.75) is 42.9 Å². The molecule has 14 heavy (non-hydrogen) atoms. The summed E-state index contributed by atoms with van der Waals surface area (Å²) in [5.41, 5.74) is 0. The van der Waals surface area contributed by atoms with Crippen LogP contribution in [0.2, 0.25) is 0 Å². The fraction of sp³-hybridized carbons (Fsp3) is 0.818. The quantitative estimate of drug-likeness (QED) is 0.694. The first-order chi connectivity index (χ1) is 6.74. The monoisotopic (exact) mass is 229 g/mol. The lowest BCUT2D eigenvalue weighted by molar-refractivity contribution is 0.368. The molecule has 0 aromatic heterocycles. The van der Waals surface area contributed by atoms with Gasteiger partial charge >= 0.3 is 0 Å². The molecule has 1 N–H and O–H groups in total. The fourth-order valence-electron chi connectivity index (χ4n) is 2.46. The van der Waals surface area contributed by atoms with Crippen molar-refractivity contribution in [1.82, 2.24) is 5.32 Å². The van der Waals surface area contributed by atoms with Crippen molar-refractivity contribution in [3.63, 3.8) is 0 Å². The number of allylic oxidation sites excluding steroid dienone is 1. The largest absolute Gasteiger partial charge is 0.308 e. The molecule has 2 aliphatic heterocycles. The Kier molecular flexibility index (Phi) is 3.50. The van der Waals surface area contributed by atoms with Gasteiger partial charge in [0.1, 0.15) is 0 Å². The van der Waals surface area contributed by atoms with Crippen molar-refractivity contribution in [1.29, 1.82) is 0 Å². The Bertz CT molecular complexity index is 221. The third kappa shape index (κ3) is 2.31. The summed E-state index contributed by atoms with van der Waals surface area (Å²) in [6.07, 6.45) is 7.12. The highest BCUT2D eigenvalue weighted by atomic mass is 32.2. The van der Waals surface area contributed by atoms with E-state index in [1.54, 1.807) is 0 Å². The maximum Gasteiger partial charge on any atom is 0.0644 e. The molecule has 2 saturated heterocycles. The first-order valence-electron chi connectivity index (χ1n) is 5.41. The molecule has 2 heterocycles. The van der Waals surface area contributed by atoms with Crippen LogP contribution in [0.4, 0.5) is 0 Å². The standard InChI is InChI=1S/C11H19NS2/c1-3-4-10-8-11(7-9(2)12-10)13-5-6-14-11/h3-4,9-10,12H,5-8H2,1-2H3/b4-3+/t9-,10+/m1/s1.